The van der Waals surface area contributed by atoms with Gasteiger partial charge in [-0.1, -0.05) is 26.0 Å². The van der Waals surface area contributed by atoms with E-state index in [1.807, 2.05) is 25.1 Å². The number of nitrogens with zero attached hydrogens (tertiary/aromatic N) is 2. The summed E-state index contributed by atoms with van der Waals surface area (Å²) in [7, 11) is 0. The Morgan fingerprint density at radius 3 is 2.71 bits per heavy atom. The molecule has 24 heavy (non-hydrogen) atoms. The molecule has 3 aromatic rings. The highest BCUT2D eigenvalue weighted by Gasteiger charge is 2.20. The molecule has 0 saturated heterocycles. The van der Waals surface area contributed by atoms with Gasteiger partial charge >= 0.3 is 0 Å². The number of amides is 1. The maximum Gasteiger partial charge on any atom is 0.287 e. The quantitative estimate of drug-likeness (QED) is 0.740. The van der Waals surface area contributed by atoms with Gasteiger partial charge in [-0.3, -0.25) is 4.79 Å². The number of fused-ring (bicyclic) bond motifs is 1. The van der Waals surface area contributed by atoms with Crippen molar-refractivity contribution in [2.75, 3.05) is 0 Å². The van der Waals surface area contributed by atoms with Gasteiger partial charge in [-0.2, -0.15) is 0 Å². The first-order valence-corrected chi connectivity index (χ1v) is 8.35. The fourth-order valence-electron chi connectivity index (χ4n) is 2.79. The number of imidazole rings is 1. The van der Waals surface area contributed by atoms with Gasteiger partial charge in [0, 0.05) is 6.54 Å². The molecule has 2 heterocycles. The van der Waals surface area contributed by atoms with Crippen molar-refractivity contribution >= 4 is 16.9 Å². The Hall–Kier alpha value is -2.56. The molecule has 1 atom stereocenters. The van der Waals surface area contributed by atoms with Crippen molar-refractivity contribution in [2.45, 2.75) is 39.8 Å². The summed E-state index contributed by atoms with van der Waals surface area (Å²) in [6.45, 7) is 7.25. The van der Waals surface area contributed by atoms with Crippen LogP contribution in [0.3, 0.4) is 0 Å². The third-order valence-corrected chi connectivity index (χ3v) is 4.09. The molecular formula is C19H23N3O2. The second kappa shape index (κ2) is 6.91. The van der Waals surface area contributed by atoms with Crippen LogP contribution >= 0.6 is 0 Å². The van der Waals surface area contributed by atoms with Crippen LogP contribution < -0.4 is 5.32 Å². The summed E-state index contributed by atoms with van der Waals surface area (Å²) in [6, 6.07) is 11.2. The van der Waals surface area contributed by atoms with Gasteiger partial charge in [0.1, 0.15) is 5.82 Å². The fraction of sp³-hybridized carbons (Fsp3) is 0.368. The molecule has 0 aliphatic carbocycles. The number of carbonyl (C=O) groups is 1. The number of furan rings is 1. The van der Waals surface area contributed by atoms with E-state index < -0.39 is 0 Å². The van der Waals surface area contributed by atoms with Gasteiger partial charge in [-0.05, 0) is 43.5 Å². The van der Waals surface area contributed by atoms with Crippen LogP contribution in [0.1, 0.15) is 49.6 Å². The molecule has 0 aliphatic heterocycles. The number of aromatic nitrogens is 2. The Kier molecular flexibility index (Phi) is 4.69. The zero-order valence-electron chi connectivity index (χ0n) is 14.3. The Morgan fingerprint density at radius 1 is 1.21 bits per heavy atom. The van der Waals surface area contributed by atoms with Crippen molar-refractivity contribution in [2.24, 2.45) is 5.92 Å². The van der Waals surface area contributed by atoms with Gasteiger partial charge < -0.3 is 14.3 Å². The van der Waals surface area contributed by atoms with Crippen molar-refractivity contribution in [1.82, 2.24) is 14.9 Å². The normalized spacial score (nSPS) is 12.7. The van der Waals surface area contributed by atoms with E-state index in [1.165, 1.54) is 6.26 Å². The van der Waals surface area contributed by atoms with Crippen LogP contribution in [0.4, 0.5) is 0 Å². The zero-order chi connectivity index (χ0) is 17.1. The van der Waals surface area contributed by atoms with E-state index in [9.17, 15) is 4.79 Å². The maximum atomic E-state index is 12.2. The number of carbonyl (C=O) groups excluding carboxylic acids is 1. The molecule has 5 nitrogen and oxygen atoms in total. The van der Waals surface area contributed by atoms with Crippen LogP contribution in [0.15, 0.2) is 47.1 Å². The zero-order valence-corrected chi connectivity index (χ0v) is 14.3. The summed E-state index contributed by atoms with van der Waals surface area (Å²) >= 11 is 0. The average molecular weight is 325 g/mol. The van der Waals surface area contributed by atoms with Crippen LogP contribution in [0.25, 0.3) is 11.0 Å². The molecule has 0 spiro atoms. The first kappa shape index (κ1) is 16.3. The van der Waals surface area contributed by atoms with Crippen LogP contribution in [0, 0.1) is 5.92 Å². The van der Waals surface area contributed by atoms with Crippen LogP contribution in [0.5, 0.6) is 0 Å². The van der Waals surface area contributed by atoms with E-state index in [0.717, 1.165) is 29.8 Å². The van der Waals surface area contributed by atoms with Crippen molar-refractivity contribution < 1.29 is 9.21 Å². The number of nitrogens with one attached hydrogen (secondary N) is 1. The molecule has 0 aliphatic rings. The molecule has 1 N–H and O–H groups in total. The minimum absolute atomic E-state index is 0.206. The SMILES string of the molecule is CC(C)CCn1c([C@@H](C)NC(=O)c2ccco2)nc2ccccc21. The van der Waals surface area contributed by atoms with Crippen LogP contribution in [-0.2, 0) is 6.54 Å². The first-order chi connectivity index (χ1) is 11.6. The second-order valence-corrected chi connectivity index (χ2v) is 6.47. The topological polar surface area (TPSA) is 60.1 Å². The van der Waals surface area contributed by atoms with Gasteiger partial charge in [0.2, 0.25) is 0 Å². The van der Waals surface area contributed by atoms with E-state index in [4.69, 9.17) is 9.40 Å². The third-order valence-electron chi connectivity index (χ3n) is 4.09. The monoisotopic (exact) mass is 325 g/mol. The summed E-state index contributed by atoms with van der Waals surface area (Å²) in [4.78, 5) is 17.0. The fourth-order valence-corrected chi connectivity index (χ4v) is 2.79. The van der Waals surface area contributed by atoms with Crippen LogP contribution in [0.2, 0.25) is 0 Å². The van der Waals surface area contributed by atoms with E-state index in [1.54, 1.807) is 12.1 Å². The van der Waals surface area contributed by atoms with Gasteiger partial charge in [0.15, 0.2) is 5.76 Å². The molecule has 126 valence electrons. The predicted octanol–water partition coefficient (Wildman–Crippen LogP) is 4.17. The first-order valence-electron chi connectivity index (χ1n) is 8.35. The van der Waals surface area contributed by atoms with E-state index in [-0.39, 0.29) is 11.9 Å². The van der Waals surface area contributed by atoms with Crippen LogP contribution in [-0.4, -0.2) is 15.5 Å². The summed E-state index contributed by atoms with van der Waals surface area (Å²) in [5.74, 6) is 1.56. The maximum absolute atomic E-state index is 12.2. The van der Waals surface area contributed by atoms with Gasteiger partial charge in [-0.25, -0.2) is 4.98 Å². The molecular weight excluding hydrogens is 302 g/mol. The predicted molar refractivity (Wildman–Crippen MR) is 93.8 cm³/mol. The molecule has 1 amide bonds. The Morgan fingerprint density at radius 2 is 2.00 bits per heavy atom. The Balaban J connectivity index is 1.89. The smallest absolute Gasteiger partial charge is 0.287 e. The van der Waals surface area contributed by atoms with Gasteiger partial charge in [0.25, 0.3) is 5.91 Å². The summed E-state index contributed by atoms with van der Waals surface area (Å²) < 4.78 is 7.37. The second-order valence-electron chi connectivity index (χ2n) is 6.47. The van der Waals surface area contributed by atoms with E-state index >= 15 is 0 Å². The summed E-state index contributed by atoms with van der Waals surface area (Å²) in [6.07, 6.45) is 2.56. The number of hydrogen-bond donors (Lipinski definition) is 1. The minimum atomic E-state index is -0.227. The summed E-state index contributed by atoms with van der Waals surface area (Å²) in [5, 5.41) is 2.97. The standard InChI is InChI=1S/C19H23N3O2/c1-13(2)10-11-22-16-8-5-4-7-15(16)21-18(22)14(3)20-19(23)17-9-6-12-24-17/h4-9,12-14H,10-11H2,1-3H3,(H,20,23)/t14-/m1/s1. The number of rotatable bonds is 6. The lowest BCUT2D eigenvalue weighted by Gasteiger charge is -2.16. The molecule has 2 aromatic heterocycles. The van der Waals surface area contributed by atoms with Crippen molar-refractivity contribution in [1.29, 1.82) is 0 Å². The highest BCUT2D eigenvalue weighted by atomic mass is 16.3. The largest absolute Gasteiger partial charge is 0.459 e. The van der Waals surface area contributed by atoms with Crippen molar-refractivity contribution in [3.05, 3.63) is 54.2 Å². The number of aryl methyl sites for hydroxylation is 1. The van der Waals surface area contributed by atoms with Crippen molar-refractivity contribution in [3.8, 4) is 0 Å². The molecule has 0 unspecified atom stereocenters. The van der Waals surface area contributed by atoms with E-state index in [0.29, 0.717) is 11.7 Å². The molecule has 0 fully saturated rings. The number of hydrogen-bond acceptors (Lipinski definition) is 3. The highest BCUT2D eigenvalue weighted by Crippen LogP contribution is 2.22. The lowest BCUT2D eigenvalue weighted by Crippen LogP contribution is -2.28. The molecule has 5 heteroatoms. The van der Waals surface area contributed by atoms with Gasteiger partial charge in [0.05, 0.1) is 23.3 Å². The minimum Gasteiger partial charge on any atom is -0.459 e. The molecule has 1 aromatic carbocycles. The lowest BCUT2D eigenvalue weighted by molar-refractivity contribution is 0.0909. The molecule has 0 saturated carbocycles. The number of benzene rings is 1. The molecule has 0 bridgehead atoms. The summed E-state index contributed by atoms with van der Waals surface area (Å²) in [5.41, 5.74) is 2.06. The van der Waals surface area contributed by atoms with Crippen molar-refractivity contribution in [3.63, 3.8) is 0 Å². The average Bonchev–Trinajstić information content (AvgIpc) is 3.20. The Bertz CT molecular complexity index is 818. The third kappa shape index (κ3) is 3.35. The van der Waals surface area contributed by atoms with E-state index in [2.05, 4.69) is 29.8 Å². The Labute approximate surface area is 141 Å². The molecule has 0 radical (unpaired) electrons. The van der Waals surface area contributed by atoms with Gasteiger partial charge in [-0.15, -0.1) is 0 Å². The molecule has 3 rings (SSSR count). The number of para-hydroxylation sites is 2. The lowest BCUT2D eigenvalue weighted by atomic mass is 10.1. The highest BCUT2D eigenvalue weighted by molar-refractivity contribution is 5.91.